The van der Waals surface area contributed by atoms with E-state index in [1.807, 2.05) is 25.1 Å². The summed E-state index contributed by atoms with van der Waals surface area (Å²) in [4.78, 5) is 29.9. The Kier molecular flexibility index (Phi) is 5.72. The highest BCUT2D eigenvalue weighted by molar-refractivity contribution is 5.96. The molecule has 3 fully saturated rings. The minimum Gasteiger partial charge on any atom is -0.444 e. The molecule has 5 nitrogen and oxygen atoms in total. The molecule has 4 aliphatic rings. The first-order chi connectivity index (χ1) is 15.5. The number of halogens is 1. The topological polar surface area (TPSA) is 49.9 Å². The molecular weight excluding hydrogens is 407 g/mol. The Morgan fingerprint density at radius 3 is 2.47 bits per heavy atom. The quantitative estimate of drug-likeness (QED) is 0.658. The highest BCUT2D eigenvalue weighted by atomic mass is 19.1. The van der Waals surface area contributed by atoms with Crippen LogP contribution >= 0.6 is 0 Å². The summed E-state index contributed by atoms with van der Waals surface area (Å²) < 4.78 is 19.7. The molecule has 0 aliphatic carbocycles. The van der Waals surface area contributed by atoms with Crippen LogP contribution in [-0.4, -0.2) is 54.0 Å². The van der Waals surface area contributed by atoms with Crippen LogP contribution in [0.3, 0.4) is 0 Å². The van der Waals surface area contributed by atoms with Crippen LogP contribution in [-0.2, 0) is 11.2 Å². The zero-order chi connectivity index (χ0) is 22.2. The van der Waals surface area contributed by atoms with E-state index in [2.05, 4.69) is 4.90 Å². The van der Waals surface area contributed by atoms with Gasteiger partial charge in [-0.3, -0.25) is 14.6 Å². The van der Waals surface area contributed by atoms with Crippen molar-refractivity contribution < 1.29 is 18.7 Å². The lowest BCUT2D eigenvalue weighted by Gasteiger charge is -2.45. The van der Waals surface area contributed by atoms with Crippen LogP contribution in [0.1, 0.15) is 59.3 Å². The number of Topliss-reactive ketones (excluding diaryl/α,β-unsaturated/α-hetero) is 1. The number of rotatable bonds is 4. The average molecular weight is 437 g/mol. The van der Waals surface area contributed by atoms with Gasteiger partial charge < -0.3 is 4.74 Å². The predicted molar refractivity (Wildman–Crippen MR) is 119 cm³/mol. The highest BCUT2D eigenvalue weighted by Crippen LogP contribution is 2.37. The van der Waals surface area contributed by atoms with Crippen molar-refractivity contribution in [1.29, 1.82) is 0 Å². The molecule has 0 spiro atoms. The minimum atomic E-state index is -0.405. The SMILES string of the molecule is CCC(=O)c1ccc2c(c1)[C@@H](c1ccc(F)cc1)N(C(=O)O[C@@H]1CN3CCC1CC3)CC2. The van der Waals surface area contributed by atoms with Gasteiger partial charge in [0.05, 0.1) is 6.04 Å². The third-order valence-electron chi connectivity index (χ3n) is 7.29. The monoisotopic (exact) mass is 436 g/mol. The normalized spacial score (nSPS) is 26.5. The number of hydrogen-bond donors (Lipinski definition) is 0. The lowest BCUT2D eigenvalue weighted by molar-refractivity contribution is -0.0462. The van der Waals surface area contributed by atoms with Crippen molar-refractivity contribution in [3.63, 3.8) is 0 Å². The molecule has 32 heavy (non-hydrogen) atoms. The minimum absolute atomic E-state index is 0.0673. The van der Waals surface area contributed by atoms with Crippen LogP contribution in [0, 0.1) is 11.7 Å². The first-order valence-electron chi connectivity index (χ1n) is 11.6. The number of ether oxygens (including phenoxy) is 1. The molecule has 4 heterocycles. The largest absolute Gasteiger partial charge is 0.444 e. The van der Waals surface area contributed by atoms with E-state index in [-0.39, 0.29) is 23.8 Å². The van der Waals surface area contributed by atoms with E-state index < -0.39 is 6.04 Å². The average Bonchev–Trinajstić information content (AvgIpc) is 2.83. The maximum Gasteiger partial charge on any atom is 0.410 e. The first-order valence-corrected chi connectivity index (χ1v) is 11.6. The van der Waals surface area contributed by atoms with Crippen molar-refractivity contribution in [1.82, 2.24) is 9.80 Å². The molecule has 1 amide bonds. The highest BCUT2D eigenvalue weighted by Gasteiger charge is 2.39. The van der Waals surface area contributed by atoms with Crippen LogP contribution in [0.2, 0.25) is 0 Å². The van der Waals surface area contributed by atoms with Gasteiger partial charge in [-0.1, -0.05) is 31.2 Å². The molecule has 2 aromatic carbocycles. The van der Waals surface area contributed by atoms with E-state index in [9.17, 15) is 14.0 Å². The Morgan fingerprint density at radius 2 is 1.81 bits per heavy atom. The maximum atomic E-state index is 13.7. The third-order valence-corrected chi connectivity index (χ3v) is 7.29. The molecule has 2 bridgehead atoms. The van der Waals surface area contributed by atoms with Crippen molar-refractivity contribution in [2.45, 2.75) is 44.8 Å². The Morgan fingerprint density at radius 1 is 1.06 bits per heavy atom. The Labute approximate surface area is 188 Å². The van der Waals surface area contributed by atoms with Crippen molar-refractivity contribution in [2.24, 2.45) is 5.92 Å². The number of hydrogen-bond acceptors (Lipinski definition) is 4. The van der Waals surface area contributed by atoms with Gasteiger partial charge in [-0.25, -0.2) is 9.18 Å². The van der Waals surface area contributed by atoms with E-state index in [1.54, 1.807) is 17.0 Å². The molecule has 0 saturated carbocycles. The smallest absolute Gasteiger partial charge is 0.410 e. The van der Waals surface area contributed by atoms with Crippen molar-refractivity contribution in [3.05, 3.63) is 70.5 Å². The van der Waals surface area contributed by atoms with E-state index in [0.717, 1.165) is 49.2 Å². The summed E-state index contributed by atoms with van der Waals surface area (Å²) in [5, 5.41) is 0. The predicted octanol–water partition coefficient (Wildman–Crippen LogP) is 4.60. The molecule has 168 valence electrons. The summed E-state index contributed by atoms with van der Waals surface area (Å²) in [5.41, 5.74) is 3.50. The van der Waals surface area contributed by atoms with Crippen LogP contribution in [0.5, 0.6) is 0 Å². The summed E-state index contributed by atoms with van der Waals surface area (Å²) in [6.45, 7) is 5.34. The van der Waals surface area contributed by atoms with Crippen LogP contribution in [0.25, 0.3) is 0 Å². The van der Waals surface area contributed by atoms with Crippen molar-refractivity contribution in [2.75, 3.05) is 26.2 Å². The van der Waals surface area contributed by atoms with Crippen LogP contribution in [0.15, 0.2) is 42.5 Å². The second kappa shape index (κ2) is 8.66. The van der Waals surface area contributed by atoms with Crippen LogP contribution < -0.4 is 0 Å². The second-order valence-electron chi connectivity index (χ2n) is 9.15. The van der Waals surface area contributed by atoms with Gasteiger partial charge in [0.2, 0.25) is 0 Å². The molecule has 3 saturated heterocycles. The molecule has 0 aromatic heterocycles. The number of benzene rings is 2. The molecule has 0 N–H and O–H groups in total. The maximum absolute atomic E-state index is 13.7. The number of piperidine rings is 3. The van der Waals surface area contributed by atoms with Gasteiger partial charge in [-0.2, -0.15) is 0 Å². The summed E-state index contributed by atoms with van der Waals surface area (Å²) in [7, 11) is 0. The molecule has 2 aromatic rings. The summed E-state index contributed by atoms with van der Waals surface area (Å²) in [6, 6.07) is 11.6. The zero-order valence-electron chi connectivity index (χ0n) is 18.4. The van der Waals surface area contributed by atoms with Crippen molar-refractivity contribution >= 4 is 11.9 Å². The molecule has 6 heteroatoms. The van der Waals surface area contributed by atoms with Gasteiger partial charge in [-0.15, -0.1) is 0 Å². The number of carbonyl (C=O) groups excluding carboxylic acids is 2. The summed E-state index contributed by atoms with van der Waals surface area (Å²) in [5.74, 6) is 0.179. The number of ketones is 1. The molecule has 6 rings (SSSR count). The number of amides is 1. The molecule has 0 radical (unpaired) electrons. The summed E-state index contributed by atoms with van der Waals surface area (Å²) >= 11 is 0. The first kappa shape index (κ1) is 21.1. The van der Waals surface area contributed by atoms with E-state index in [4.69, 9.17) is 4.74 Å². The van der Waals surface area contributed by atoms with E-state index in [1.165, 1.54) is 12.1 Å². The van der Waals surface area contributed by atoms with Gasteiger partial charge in [0, 0.05) is 25.1 Å². The van der Waals surface area contributed by atoms with E-state index in [0.29, 0.717) is 30.9 Å². The van der Waals surface area contributed by atoms with Crippen LogP contribution in [0.4, 0.5) is 9.18 Å². The van der Waals surface area contributed by atoms with Gasteiger partial charge in [0.1, 0.15) is 11.9 Å². The molecule has 0 unspecified atom stereocenters. The Balaban J connectivity index is 1.48. The number of fused-ring (bicyclic) bond motifs is 4. The Bertz CT molecular complexity index is 1010. The van der Waals surface area contributed by atoms with Gasteiger partial charge >= 0.3 is 6.09 Å². The van der Waals surface area contributed by atoms with Gasteiger partial charge in [-0.05, 0) is 73.2 Å². The van der Waals surface area contributed by atoms with Gasteiger partial charge in [0.15, 0.2) is 5.78 Å². The third kappa shape index (κ3) is 3.92. The van der Waals surface area contributed by atoms with Crippen molar-refractivity contribution in [3.8, 4) is 0 Å². The fourth-order valence-corrected chi connectivity index (χ4v) is 5.44. The van der Waals surface area contributed by atoms with E-state index >= 15 is 0 Å². The fourth-order valence-electron chi connectivity index (χ4n) is 5.44. The summed E-state index contributed by atoms with van der Waals surface area (Å²) in [6.07, 6.45) is 2.87. The van der Waals surface area contributed by atoms with Gasteiger partial charge in [0.25, 0.3) is 0 Å². The lowest BCUT2D eigenvalue weighted by atomic mass is 9.85. The molecular formula is C26H29FN2O3. The second-order valence-corrected chi connectivity index (χ2v) is 9.15. The lowest BCUT2D eigenvalue weighted by Crippen LogP contribution is -2.53. The molecule has 4 aliphatic heterocycles. The Hall–Kier alpha value is -2.73. The molecule has 2 atom stereocenters. The standard InChI is InChI=1S/C26H29FN2O3/c1-2-23(30)20-4-3-17-11-14-29(25(22(17)15-20)19-5-7-21(27)8-6-19)26(31)32-24-16-28-12-9-18(24)10-13-28/h3-8,15,18,24-25H,2,9-14,16H2,1H3/t24-,25-/m1/s1. The number of nitrogens with zero attached hydrogens (tertiary/aromatic N) is 2. The fraction of sp³-hybridized carbons (Fsp3) is 0.462. The zero-order valence-corrected chi connectivity index (χ0v) is 18.4. The number of carbonyl (C=O) groups is 2.